The van der Waals surface area contributed by atoms with Crippen LogP contribution in [0.15, 0.2) is 78.6 Å². The van der Waals surface area contributed by atoms with Gasteiger partial charge in [0.2, 0.25) is 0 Å². The standard InChI is InChI=1S/C36H38FN5O/c1-24-33(19-25-5-12-31(37)13-6-25)36(40-23-39-24)42-17-18-43-34-14-11-29(20-30(34)22-42)26-7-9-28(10-8-26)35(27-3-2-4-27)41-32-15-16-38-21-32/h5-14,20,23,32,38,41H,2-4,15-19,21-22H2,1H3. The summed E-state index contributed by atoms with van der Waals surface area (Å²) >= 11 is 0. The number of aryl methyl sites for hydroxylation is 1. The minimum atomic E-state index is -0.231. The molecule has 2 fully saturated rings. The number of hydrogen-bond donors (Lipinski definition) is 2. The van der Waals surface area contributed by atoms with Crippen LogP contribution in [0.2, 0.25) is 0 Å². The topological polar surface area (TPSA) is 62.3 Å². The van der Waals surface area contributed by atoms with Crippen molar-refractivity contribution in [1.82, 2.24) is 20.6 Å². The number of rotatable bonds is 7. The second kappa shape index (κ2) is 12.2. The minimum absolute atomic E-state index is 0.231. The van der Waals surface area contributed by atoms with Crippen molar-refractivity contribution in [3.63, 3.8) is 0 Å². The van der Waals surface area contributed by atoms with Crippen molar-refractivity contribution in [3.8, 4) is 16.9 Å². The number of nitrogens with zero attached hydrogens (tertiary/aromatic N) is 3. The summed E-state index contributed by atoms with van der Waals surface area (Å²) in [5, 5.41) is 7.33. The van der Waals surface area contributed by atoms with Gasteiger partial charge < -0.3 is 20.3 Å². The normalized spacial score (nSPS) is 18.0. The van der Waals surface area contributed by atoms with Crippen LogP contribution in [0, 0.1) is 12.7 Å². The van der Waals surface area contributed by atoms with Gasteiger partial charge in [0.1, 0.15) is 30.3 Å². The number of benzene rings is 3. The maximum absolute atomic E-state index is 13.5. The van der Waals surface area contributed by atoms with E-state index in [-0.39, 0.29) is 5.82 Å². The maximum Gasteiger partial charge on any atom is 0.136 e. The zero-order valence-corrected chi connectivity index (χ0v) is 24.7. The average molecular weight is 576 g/mol. The third kappa shape index (κ3) is 6.00. The molecule has 0 bridgehead atoms. The second-order valence-corrected chi connectivity index (χ2v) is 11.9. The van der Waals surface area contributed by atoms with Gasteiger partial charge in [-0.15, -0.1) is 0 Å². The zero-order valence-electron chi connectivity index (χ0n) is 24.7. The molecule has 43 heavy (non-hydrogen) atoms. The molecule has 1 saturated heterocycles. The first-order valence-electron chi connectivity index (χ1n) is 15.5. The van der Waals surface area contributed by atoms with Crippen molar-refractivity contribution in [1.29, 1.82) is 0 Å². The van der Waals surface area contributed by atoms with Crippen LogP contribution in [0.3, 0.4) is 0 Å². The Balaban J connectivity index is 1.14. The van der Waals surface area contributed by atoms with Gasteiger partial charge in [-0.05, 0) is 91.2 Å². The molecule has 2 aliphatic heterocycles. The first-order chi connectivity index (χ1) is 21.1. The minimum Gasteiger partial charge on any atom is -0.491 e. The van der Waals surface area contributed by atoms with Crippen LogP contribution < -0.4 is 20.3 Å². The fourth-order valence-electron chi connectivity index (χ4n) is 6.33. The van der Waals surface area contributed by atoms with E-state index in [2.05, 4.69) is 63.0 Å². The summed E-state index contributed by atoms with van der Waals surface area (Å²) in [4.78, 5) is 11.5. The third-order valence-electron chi connectivity index (χ3n) is 9.00. The van der Waals surface area contributed by atoms with Gasteiger partial charge in [-0.3, -0.25) is 0 Å². The highest BCUT2D eigenvalue weighted by atomic mass is 19.1. The van der Waals surface area contributed by atoms with E-state index < -0.39 is 0 Å². The molecule has 2 N–H and O–H groups in total. The van der Waals surface area contributed by atoms with E-state index in [1.807, 2.05) is 19.1 Å². The van der Waals surface area contributed by atoms with Gasteiger partial charge in [0.25, 0.3) is 0 Å². The molecule has 3 heterocycles. The Morgan fingerprint density at radius 2 is 1.84 bits per heavy atom. The lowest BCUT2D eigenvalue weighted by Gasteiger charge is -2.26. The van der Waals surface area contributed by atoms with E-state index in [0.29, 0.717) is 32.2 Å². The van der Waals surface area contributed by atoms with Crippen molar-refractivity contribution in [2.45, 2.75) is 51.6 Å². The molecule has 220 valence electrons. The van der Waals surface area contributed by atoms with E-state index in [0.717, 1.165) is 47.0 Å². The molecule has 3 aliphatic rings. The van der Waals surface area contributed by atoms with Gasteiger partial charge >= 0.3 is 0 Å². The van der Waals surface area contributed by atoms with Gasteiger partial charge in [0.05, 0.1) is 6.54 Å². The monoisotopic (exact) mass is 575 g/mol. The van der Waals surface area contributed by atoms with Crippen LogP contribution in [0.25, 0.3) is 16.8 Å². The Bertz CT molecular complexity index is 1620. The fourth-order valence-corrected chi connectivity index (χ4v) is 6.33. The van der Waals surface area contributed by atoms with Crippen molar-refractivity contribution in [2.75, 3.05) is 31.1 Å². The second-order valence-electron chi connectivity index (χ2n) is 11.9. The molecule has 3 aromatic carbocycles. The Morgan fingerprint density at radius 3 is 2.58 bits per heavy atom. The van der Waals surface area contributed by atoms with Crippen molar-refractivity contribution < 1.29 is 9.13 Å². The number of anilines is 1. The number of fused-ring (bicyclic) bond motifs is 1. The smallest absolute Gasteiger partial charge is 0.136 e. The lowest BCUT2D eigenvalue weighted by atomic mass is 9.87. The molecule has 7 rings (SSSR count). The van der Waals surface area contributed by atoms with Gasteiger partial charge in [-0.2, -0.15) is 0 Å². The quantitative estimate of drug-likeness (QED) is 0.265. The molecule has 0 spiro atoms. The van der Waals surface area contributed by atoms with E-state index in [9.17, 15) is 4.39 Å². The molecule has 1 saturated carbocycles. The van der Waals surface area contributed by atoms with Crippen LogP contribution in [-0.4, -0.2) is 42.3 Å². The van der Waals surface area contributed by atoms with Gasteiger partial charge in [0, 0.05) is 48.1 Å². The van der Waals surface area contributed by atoms with E-state index in [1.165, 1.54) is 60.2 Å². The van der Waals surface area contributed by atoms with Crippen LogP contribution in [0.1, 0.15) is 53.6 Å². The Labute approximate surface area is 253 Å². The highest BCUT2D eigenvalue weighted by Crippen LogP contribution is 2.35. The van der Waals surface area contributed by atoms with Crippen LogP contribution in [0.5, 0.6) is 5.75 Å². The van der Waals surface area contributed by atoms with Gasteiger partial charge in [-0.1, -0.05) is 42.5 Å². The molecule has 4 aromatic rings. The summed E-state index contributed by atoms with van der Waals surface area (Å²) in [5.74, 6) is 1.59. The maximum atomic E-state index is 13.5. The van der Waals surface area contributed by atoms with Crippen molar-refractivity contribution >= 4 is 11.5 Å². The molecular weight excluding hydrogens is 537 g/mol. The average Bonchev–Trinajstić information content (AvgIpc) is 3.42. The first kappa shape index (κ1) is 27.6. The molecule has 1 unspecified atom stereocenters. The van der Waals surface area contributed by atoms with E-state index in [4.69, 9.17) is 9.72 Å². The largest absolute Gasteiger partial charge is 0.491 e. The molecule has 6 nitrogen and oxygen atoms in total. The highest BCUT2D eigenvalue weighted by molar-refractivity contribution is 5.73. The number of ether oxygens (including phenoxy) is 1. The zero-order chi connectivity index (χ0) is 29.2. The molecule has 7 heteroatoms. The first-order valence-corrected chi connectivity index (χ1v) is 15.5. The third-order valence-corrected chi connectivity index (χ3v) is 9.00. The SMILES string of the molecule is Cc1ncnc(N2CCOc3ccc(-c4ccc(C(NC5CCNC5)=C5CCC5)cc4)cc3C2)c1Cc1ccc(F)cc1. The molecule has 1 atom stereocenters. The van der Waals surface area contributed by atoms with Crippen molar-refractivity contribution in [3.05, 3.63) is 112 Å². The van der Waals surface area contributed by atoms with Crippen molar-refractivity contribution in [2.24, 2.45) is 0 Å². The number of hydrogen-bond acceptors (Lipinski definition) is 6. The predicted octanol–water partition coefficient (Wildman–Crippen LogP) is 6.43. The van der Waals surface area contributed by atoms with Crippen LogP contribution in [0.4, 0.5) is 10.2 Å². The highest BCUT2D eigenvalue weighted by Gasteiger charge is 2.23. The van der Waals surface area contributed by atoms with Crippen LogP contribution >= 0.6 is 0 Å². The summed E-state index contributed by atoms with van der Waals surface area (Å²) in [6.45, 7) is 6.11. The number of nitrogens with one attached hydrogen (secondary N) is 2. The summed E-state index contributed by atoms with van der Waals surface area (Å²) in [6.07, 6.45) is 7.13. The summed E-state index contributed by atoms with van der Waals surface area (Å²) in [5.41, 5.74) is 10.7. The molecule has 0 amide bonds. The summed E-state index contributed by atoms with van der Waals surface area (Å²) in [6, 6.07) is 22.7. The number of halogens is 1. The molecule has 1 aliphatic carbocycles. The lowest BCUT2D eigenvalue weighted by molar-refractivity contribution is 0.331. The van der Waals surface area contributed by atoms with E-state index in [1.54, 1.807) is 11.9 Å². The van der Waals surface area contributed by atoms with Gasteiger partial charge in [-0.25, -0.2) is 14.4 Å². The van der Waals surface area contributed by atoms with Crippen LogP contribution in [-0.2, 0) is 13.0 Å². The molecular formula is C36H38FN5O. The molecule has 1 aromatic heterocycles. The Kier molecular flexibility index (Phi) is 7.81. The molecule has 0 radical (unpaired) electrons. The Morgan fingerprint density at radius 1 is 1.02 bits per heavy atom. The van der Waals surface area contributed by atoms with E-state index >= 15 is 0 Å². The Hall–Kier alpha value is -4.23. The number of aromatic nitrogens is 2. The summed E-state index contributed by atoms with van der Waals surface area (Å²) in [7, 11) is 0. The predicted molar refractivity (Wildman–Crippen MR) is 170 cm³/mol. The summed E-state index contributed by atoms with van der Waals surface area (Å²) < 4.78 is 19.7. The van der Waals surface area contributed by atoms with Gasteiger partial charge in [0.15, 0.2) is 0 Å². The number of allylic oxidation sites excluding steroid dienone is 1. The fraction of sp³-hybridized carbons (Fsp3) is 0.333. The lowest BCUT2D eigenvalue weighted by Crippen LogP contribution is -2.31.